The maximum Gasteiger partial charge on any atom is 0.416 e. The summed E-state index contributed by atoms with van der Waals surface area (Å²) in [5.41, 5.74) is -0.387. The molecule has 2 aromatic rings. The van der Waals surface area contributed by atoms with Crippen LogP contribution >= 0.6 is 11.6 Å². The number of alkyl halides is 3. The third kappa shape index (κ3) is 2.71. The minimum absolute atomic E-state index is 0.00242. The fraction of sp³-hybridized carbons (Fsp3) is 0.125. The van der Waals surface area contributed by atoms with Gasteiger partial charge in [-0.15, -0.1) is 0 Å². The Hall–Kier alpha value is -2.54. The Kier molecular flexibility index (Phi) is 3.76. The number of carboxylic acids is 1. The van der Waals surface area contributed by atoms with Crippen LogP contribution in [0, 0.1) is 0 Å². The first-order valence-electron chi connectivity index (χ1n) is 6.73. The molecule has 1 aliphatic heterocycles. The number of amides is 1. The van der Waals surface area contributed by atoms with Crippen molar-refractivity contribution in [1.82, 2.24) is 0 Å². The van der Waals surface area contributed by atoms with Crippen LogP contribution in [0.4, 0.5) is 18.9 Å². The molecule has 0 aliphatic carbocycles. The minimum Gasteiger partial charge on any atom is -0.478 e. The number of carbonyl (C=O) groups excluding carboxylic acids is 1. The molecule has 1 amide bonds. The molecule has 124 valence electrons. The van der Waals surface area contributed by atoms with Crippen LogP contribution in [0.25, 0.3) is 0 Å². The first kappa shape index (κ1) is 16.3. The van der Waals surface area contributed by atoms with E-state index in [0.29, 0.717) is 5.56 Å². The van der Waals surface area contributed by atoms with E-state index in [1.54, 1.807) is 0 Å². The van der Waals surface area contributed by atoms with Gasteiger partial charge < -0.3 is 10.0 Å². The molecular formula is C16H9ClF3NO3. The van der Waals surface area contributed by atoms with Crippen LogP contribution in [0.2, 0.25) is 5.02 Å². The van der Waals surface area contributed by atoms with E-state index in [9.17, 15) is 22.8 Å². The van der Waals surface area contributed by atoms with Gasteiger partial charge in [0.15, 0.2) is 0 Å². The second-order valence-electron chi connectivity index (χ2n) is 5.23. The highest BCUT2D eigenvalue weighted by atomic mass is 35.5. The number of anilines is 1. The summed E-state index contributed by atoms with van der Waals surface area (Å²) in [7, 11) is 0. The number of carboxylic acid groups (broad SMARTS) is 1. The zero-order valence-corrected chi connectivity index (χ0v) is 12.6. The van der Waals surface area contributed by atoms with E-state index in [1.807, 2.05) is 0 Å². The van der Waals surface area contributed by atoms with Crippen molar-refractivity contribution in [3.63, 3.8) is 0 Å². The molecular weight excluding hydrogens is 347 g/mol. The molecule has 1 N–H and O–H groups in total. The van der Waals surface area contributed by atoms with Gasteiger partial charge in [0, 0.05) is 5.56 Å². The Morgan fingerprint density at radius 1 is 1.17 bits per heavy atom. The van der Waals surface area contributed by atoms with Crippen LogP contribution in [0.3, 0.4) is 0 Å². The highest BCUT2D eigenvalue weighted by molar-refractivity contribution is 6.34. The molecule has 0 radical (unpaired) electrons. The highest BCUT2D eigenvalue weighted by Crippen LogP contribution is 2.38. The number of nitrogens with zero attached hydrogens (tertiary/aromatic N) is 1. The first-order chi connectivity index (χ1) is 11.2. The van der Waals surface area contributed by atoms with E-state index < -0.39 is 23.6 Å². The number of fused-ring (bicyclic) bond motifs is 1. The van der Waals surface area contributed by atoms with Gasteiger partial charge in [-0.2, -0.15) is 13.2 Å². The molecule has 8 heteroatoms. The second-order valence-corrected chi connectivity index (χ2v) is 5.64. The lowest BCUT2D eigenvalue weighted by atomic mass is 10.1. The summed E-state index contributed by atoms with van der Waals surface area (Å²) in [6, 6.07) is 6.75. The largest absolute Gasteiger partial charge is 0.478 e. The highest BCUT2D eigenvalue weighted by Gasteiger charge is 2.34. The quantitative estimate of drug-likeness (QED) is 0.877. The summed E-state index contributed by atoms with van der Waals surface area (Å²) in [6.45, 7) is 0.0229. The zero-order chi connectivity index (χ0) is 17.6. The van der Waals surface area contributed by atoms with Crippen molar-refractivity contribution in [2.24, 2.45) is 0 Å². The topological polar surface area (TPSA) is 57.6 Å². The van der Waals surface area contributed by atoms with Gasteiger partial charge in [-0.3, -0.25) is 4.79 Å². The van der Waals surface area contributed by atoms with E-state index >= 15 is 0 Å². The third-order valence-electron chi connectivity index (χ3n) is 3.73. The Morgan fingerprint density at radius 2 is 1.88 bits per heavy atom. The smallest absolute Gasteiger partial charge is 0.416 e. The summed E-state index contributed by atoms with van der Waals surface area (Å²) in [4.78, 5) is 24.6. The van der Waals surface area contributed by atoms with Gasteiger partial charge in [0.2, 0.25) is 0 Å². The Labute approximate surface area is 139 Å². The molecule has 1 heterocycles. The predicted molar refractivity (Wildman–Crippen MR) is 80.4 cm³/mol. The second kappa shape index (κ2) is 5.52. The van der Waals surface area contributed by atoms with E-state index in [0.717, 1.165) is 23.1 Å². The molecule has 0 saturated carbocycles. The van der Waals surface area contributed by atoms with Crippen LogP contribution in [0.15, 0.2) is 36.4 Å². The number of rotatable bonds is 2. The molecule has 0 fully saturated rings. The molecule has 0 aromatic heterocycles. The van der Waals surface area contributed by atoms with Gasteiger partial charge in [0.05, 0.1) is 28.4 Å². The molecule has 2 aromatic carbocycles. The van der Waals surface area contributed by atoms with Crippen LogP contribution in [0.5, 0.6) is 0 Å². The number of hydrogen-bond acceptors (Lipinski definition) is 2. The minimum atomic E-state index is -4.56. The van der Waals surface area contributed by atoms with Crippen LogP contribution < -0.4 is 4.90 Å². The number of hydrogen-bond donors (Lipinski definition) is 1. The Balaban J connectivity index is 2.03. The van der Waals surface area contributed by atoms with E-state index in [4.69, 9.17) is 16.7 Å². The average Bonchev–Trinajstić information content (AvgIpc) is 2.83. The lowest BCUT2D eigenvalue weighted by molar-refractivity contribution is -0.137. The Bertz CT molecular complexity index is 864. The fourth-order valence-corrected chi connectivity index (χ4v) is 2.74. The zero-order valence-electron chi connectivity index (χ0n) is 11.9. The summed E-state index contributed by atoms with van der Waals surface area (Å²) in [5.74, 6) is -1.78. The molecule has 0 saturated heterocycles. The molecule has 24 heavy (non-hydrogen) atoms. The van der Waals surface area contributed by atoms with Gasteiger partial charge >= 0.3 is 12.1 Å². The molecule has 3 rings (SSSR count). The Morgan fingerprint density at radius 3 is 2.50 bits per heavy atom. The maximum atomic E-state index is 12.9. The summed E-state index contributed by atoms with van der Waals surface area (Å²) < 4.78 is 38.6. The molecule has 0 atom stereocenters. The molecule has 0 bridgehead atoms. The van der Waals surface area contributed by atoms with Gasteiger partial charge in [-0.25, -0.2) is 4.79 Å². The lowest BCUT2D eigenvalue weighted by Gasteiger charge is -2.19. The van der Waals surface area contributed by atoms with Crippen molar-refractivity contribution in [3.8, 4) is 0 Å². The SMILES string of the molecule is O=C(O)c1ccc2c(c1)C(=O)N(c1cc(C(F)(F)F)ccc1Cl)C2. The summed E-state index contributed by atoms with van der Waals surface area (Å²) in [6.07, 6.45) is -4.56. The van der Waals surface area contributed by atoms with E-state index in [-0.39, 0.29) is 28.4 Å². The fourth-order valence-electron chi connectivity index (χ4n) is 2.52. The van der Waals surface area contributed by atoms with Gasteiger partial charge in [0.1, 0.15) is 0 Å². The maximum absolute atomic E-state index is 12.9. The van der Waals surface area contributed by atoms with Crippen molar-refractivity contribution in [2.75, 3.05) is 4.90 Å². The molecule has 0 unspecified atom stereocenters. The van der Waals surface area contributed by atoms with E-state index in [1.165, 1.54) is 18.2 Å². The predicted octanol–water partition coefficient (Wildman–Crippen LogP) is 4.22. The van der Waals surface area contributed by atoms with Crippen molar-refractivity contribution >= 4 is 29.2 Å². The van der Waals surface area contributed by atoms with Crippen molar-refractivity contribution in [2.45, 2.75) is 12.7 Å². The summed E-state index contributed by atoms with van der Waals surface area (Å²) in [5, 5.41) is 8.99. The monoisotopic (exact) mass is 355 g/mol. The van der Waals surface area contributed by atoms with Gasteiger partial charge in [-0.1, -0.05) is 17.7 Å². The number of halogens is 4. The van der Waals surface area contributed by atoms with Gasteiger partial charge in [-0.05, 0) is 35.9 Å². The number of aromatic carboxylic acids is 1. The van der Waals surface area contributed by atoms with Crippen LogP contribution in [0.1, 0.15) is 31.8 Å². The molecule has 0 spiro atoms. The average molecular weight is 356 g/mol. The van der Waals surface area contributed by atoms with Crippen LogP contribution in [-0.4, -0.2) is 17.0 Å². The van der Waals surface area contributed by atoms with Crippen LogP contribution in [-0.2, 0) is 12.7 Å². The van der Waals surface area contributed by atoms with Crippen molar-refractivity contribution in [3.05, 3.63) is 63.7 Å². The van der Waals surface area contributed by atoms with Crippen molar-refractivity contribution < 1.29 is 27.9 Å². The normalized spacial score (nSPS) is 14.0. The standard InChI is InChI=1S/C16H9ClF3NO3/c17-12-4-3-10(16(18,19)20)6-13(12)21-7-9-2-1-8(15(23)24)5-11(9)14(21)22/h1-6H,7H2,(H,23,24). The number of carbonyl (C=O) groups is 2. The lowest BCUT2D eigenvalue weighted by Crippen LogP contribution is -2.24. The van der Waals surface area contributed by atoms with Crippen molar-refractivity contribution in [1.29, 1.82) is 0 Å². The molecule has 4 nitrogen and oxygen atoms in total. The van der Waals surface area contributed by atoms with E-state index in [2.05, 4.69) is 0 Å². The first-order valence-corrected chi connectivity index (χ1v) is 7.11. The third-order valence-corrected chi connectivity index (χ3v) is 4.04. The van der Waals surface area contributed by atoms with Gasteiger partial charge in [0.25, 0.3) is 5.91 Å². The number of benzene rings is 2. The summed E-state index contributed by atoms with van der Waals surface area (Å²) >= 11 is 5.96. The molecule has 1 aliphatic rings.